The Balaban J connectivity index is 2.17. The first kappa shape index (κ1) is 13.1. The van der Waals surface area contributed by atoms with Gasteiger partial charge in [-0.05, 0) is 31.2 Å². The van der Waals surface area contributed by atoms with Crippen molar-refractivity contribution >= 4 is 39.3 Å². The topological polar surface area (TPSA) is 54.0 Å². The first-order valence-corrected chi connectivity index (χ1v) is 7.88. The minimum Gasteiger partial charge on any atom is -0.271 e. The number of fused-ring (bicyclic) bond motifs is 5. The summed E-state index contributed by atoms with van der Waals surface area (Å²) in [7, 11) is 0. The third-order valence-electron chi connectivity index (χ3n) is 3.58. The van der Waals surface area contributed by atoms with E-state index in [2.05, 4.69) is 10.5 Å². The number of benzene rings is 2. The maximum absolute atomic E-state index is 9.12. The smallest absolute Gasteiger partial charge is 0.176 e. The molecule has 2 aromatic heterocycles. The first-order valence-electron chi connectivity index (χ1n) is 7.00. The summed E-state index contributed by atoms with van der Waals surface area (Å²) >= 11 is 1.46. The van der Waals surface area contributed by atoms with E-state index < -0.39 is 0 Å². The van der Waals surface area contributed by atoms with Crippen molar-refractivity contribution < 1.29 is 0 Å². The summed E-state index contributed by atoms with van der Waals surface area (Å²) in [6.07, 6.45) is 0. The standard InChI is InChI=1S/C17H12N4S/c1-11(10-18)22-17-20-13-7-3-2-6-12(13)16-19-14-8-4-5-9-15(14)21(16)17/h2-9,11H,1H3/t11-/m1/s1. The second-order valence-electron chi connectivity index (χ2n) is 5.06. The third kappa shape index (κ3) is 1.92. The van der Waals surface area contributed by atoms with Gasteiger partial charge in [0.15, 0.2) is 5.16 Å². The van der Waals surface area contributed by atoms with E-state index in [0.717, 1.165) is 32.7 Å². The second-order valence-corrected chi connectivity index (χ2v) is 6.37. The van der Waals surface area contributed by atoms with Gasteiger partial charge in [-0.3, -0.25) is 4.40 Å². The third-order valence-corrected chi connectivity index (χ3v) is 4.52. The predicted molar refractivity (Wildman–Crippen MR) is 88.9 cm³/mol. The van der Waals surface area contributed by atoms with Gasteiger partial charge in [-0.25, -0.2) is 9.97 Å². The van der Waals surface area contributed by atoms with Crippen molar-refractivity contribution in [3.63, 3.8) is 0 Å². The Labute approximate surface area is 131 Å². The molecule has 4 aromatic rings. The van der Waals surface area contributed by atoms with E-state index >= 15 is 0 Å². The molecule has 0 unspecified atom stereocenters. The molecule has 22 heavy (non-hydrogen) atoms. The Bertz CT molecular complexity index is 1050. The van der Waals surface area contributed by atoms with Gasteiger partial charge in [0.2, 0.25) is 0 Å². The van der Waals surface area contributed by atoms with Gasteiger partial charge in [-0.2, -0.15) is 5.26 Å². The lowest BCUT2D eigenvalue weighted by Gasteiger charge is -2.08. The largest absolute Gasteiger partial charge is 0.271 e. The first-order chi connectivity index (χ1) is 10.8. The molecular weight excluding hydrogens is 292 g/mol. The molecule has 0 bridgehead atoms. The van der Waals surface area contributed by atoms with Gasteiger partial charge in [-0.15, -0.1) is 0 Å². The lowest BCUT2D eigenvalue weighted by molar-refractivity contribution is 0.948. The number of nitrogens with zero attached hydrogens (tertiary/aromatic N) is 4. The van der Waals surface area contributed by atoms with Crippen LogP contribution < -0.4 is 0 Å². The van der Waals surface area contributed by atoms with Gasteiger partial charge < -0.3 is 0 Å². The van der Waals surface area contributed by atoms with Crippen LogP contribution in [0.3, 0.4) is 0 Å². The highest BCUT2D eigenvalue weighted by Gasteiger charge is 2.15. The molecule has 0 amide bonds. The predicted octanol–water partition coefficient (Wildman–Crippen LogP) is 4.04. The zero-order chi connectivity index (χ0) is 15.1. The van der Waals surface area contributed by atoms with Crippen LogP contribution in [0.1, 0.15) is 6.92 Å². The molecule has 0 radical (unpaired) electrons. The number of aromatic nitrogens is 3. The summed E-state index contributed by atoms with van der Waals surface area (Å²) in [5.74, 6) is 0. The van der Waals surface area contributed by atoms with Crippen LogP contribution in [-0.2, 0) is 0 Å². The normalized spacial score (nSPS) is 12.7. The summed E-state index contributed by atoms with van der Waals surface area (Å²) in [6.45, 7) is 1.88. The Morgan fingerprint density at radius 1 is 1.05 bits per heavy atom. The van der Waals surface area contributed by atoms with Gasteiger partial charge in [-0.1, -0.05) is 36.0 Å². The van der Waals surface area contributed by atoms with Gasteiger partial charge >= 0.3 is 0 Å². The van der Waals surface area contributed by atoms with Crippen LogP contribution in [0.15, 0.2) is 53.7 Å². The molecule has 0 saturated carbocycles. The van der Waals surface area contributed by atoms with Crippen LogP contribution in [0.2, 0.25) is 0 Å². The van der Waals surface area contributed by atoms with Crippen LogP contribution in [0.4, 0.5) is 0 Å². The van der Waals surface area contributed by atoms with Crippen LogP contribution >= 0.6 is 11.8 Å². The molecule has 2 heterocycles. The number of hydrogen-bond donors (Lipinski definition) is 0. The van der Waals surface area contributed by atoms with E-state index in [9.17, 15) is 0 Å². The molecule has 1 atom stereocenters. The molecule has 0 spiro atoms. The minimum atomic E-state index is -0.168. The highest BCUT2D eigenvalue weighted by molar-refractivity contribution is 8.00. The van der Waals surface area contributed by atoms with Crippen LogP contribution in [-0.4, -0.2) is 19.6 Å². The van der Waals surface area contributed by atoms with Crippen molar-refractivity contribution in [2.45, 2.75) is 17.3 Å². The van der Waals surface area contributed by atoms with Gasteiger partial charge in [0.05, 0.1) is 27.9 Å². The van der Waals surface area contributed by atoms with Crippen LogP contribution in [0, 0.1) is 11.3 Å². The molecule has 4 nitrogen and oxygen atoms in total. The van der Waals surface area contributed by atoms with Crippen molar-refractivity contribution in [3.8, 4) is 6.07 Å². The van der Waals surface area contributed by atoms with Crippen molar-refractivity contribution in [1.82, 2.24) is 14.4 Å². The van der Waals surface area contributed by atoms with Crippen molar-refractivity contribution in [2.75, 3.05) is 0 Å². The number of rotatable bonds is 2. The average molecular weight is 304 g/mol. The van der Waals surface area contributed by atoms with E-state index in [1.807, 2.05) is 55.5 Å². The fourth-order valence-corrected chi connectivity index (χ4v) is 3.39. The summed E-state index contributed by atoms with van der Waals surface area (Å²) in [4.78, 5) is 9.51. The minimum absolute atomic E-state index is 0.168. The second kappa shape index (κ2) is 5.00. The molecule has 0 aliphatic rings. The Morgan fingerprint density at radius 2 is 1.77 bits per heavy atom. The van der Waals surface area contributed by atoms with Crippen molar-refractivity contribution in [1.29, 1.82) is 5.26 Å². The van der Waals surface area contributed by atoms with E-state index in [1.54, 1.807) is 0 Å². The number of imidazole rings is 1. The number of nitriles is 1. The molecule has 0 fully saturated rings. The zero-order valence-corrected chi connectivity index (χ0v) is 12.7. The lowest BCUT2D eigenvalue weighted by atomic mass is 10.2. The SMILES string of the molecule is C[C@H](C#N)Sc1nc2ccccc2c2nc3ccccc3n12. The molecule has 106 valence electrons. The van der Waals surface area contributed by atoms with E-state index in [4.69, 9.17) is 15.2 Å². The molecule has 0 saturated heterocycles. The summed E-state index contributed by atoms with van der Waals surface area (Å²) < 4.78 is 2.05. The maximum atomic E-state index is 9.12. The highest BCUT2D eigenvalue weighted by Crippen LogP contribution is 2.30. The summed E-state index contributed by atoms with van der Waals surface area (Å²) in [5, 5.41) is 10.8. The molecule has 5 heteroatoms. The molecule has 2 aromatic carbocycles. The molecule has 0 aliphatic carbocycles. The average Bonchev–Trinajstić information content (AvgIpc) is 2.95. The van der Waals surface area contributed by atoms with Gasteiger partial charge in [0.1, 0.15) is 5.65 Å². The fourth-order valence-electron chi connectivity index (χ4n) is 2.58. The van der Waals surface area contributed by atoms with E-state index in [0.29, 0.717) is 0 Å². The molecular formula is C17H12N4S. The molecule has 0 N–H and O–H groups in total. The van der Waals surface area contributed by atoms with Gasteiger partial charge in [0, 0.05) is 5.39 Å². The number of hydrogen-bond acceptors (Lipinski definition) is 4. The Morgan fingerprint density at radius 3 is 2.59 bits per heavy atom. The maximum Gasteiger partial charge on any atom is 0.176 e. The quantitative estimate of drug-likeness (QED) is 0.414. The molecule has 0 aliphatic heterocycles. The number of para-hydroxylation sites is 3. The molecule has 4 rings (SSSR count). The van der Waals surface area contributed by atoms with E-state index in [1.165, 1.54) is 11.8 Å². The lowest BCUT2D eigenvalue weighted by Crippen LogP contribution is -2.00. The van der Waals surface area contributed by atoms with Gasteiger partial charge in [0.25, 0.3) is 0 Å². The summed E-state index contributed by atoms with van der Waals surface area (Å²) in [6, 6.07) is 18.2. The van der Waals surface area contributed by atoms with Crippen LogP contribution in [0.25, 0.3) is 27.6 Å². The number of thioether (sulfide) groups is 1. The monoisotopic (exact) mass is 304 g/mol. The highest BCUT2D eigenvalue weighted by atomic mass is 32.2. The zero-order valence-electron chi connectivity index (χ0n) is 11.9. The fraction of sp³-hybridized carbons (Fsp3) is 0.118. The van der Waals surface area contributed by atoms with E-state index in [-0.39, 0.29) is 5.25 Å². The Hall–Kier alpha value is -2.58. The Kier molecular flexibility index (Phi) is 2.98. The summed E-state index contributed by atoms with van der Waals surface area (Å²) in [5.41, 5.74) is 3.74. The van der Waals surface area contributed by atoms with Crippen LogP contribution in [0.5, 0.6) is 0 Å². The van der Waals surface area contributed by atoms with Crippen molar-refractivity contribution in [3.05, 3.63) is 48.5 Å². The van der Waals surface area contributed by atoms with Crippen molar-refractivity contribution in [2.24, 2.45) is 0 Å².